The van der Waals surface area contributed by atoms with Crippen LogP contribution in [0.15, 0.2) is 85.1 Å². The van der Waals surface area contributed by atoms with E-state index in [1.807, 2.05) is 75.5 Å². The summed E-state index contributed by atoms with van der Waals surface area (Å²) in [5, 5.41) is 97.0. The third-order valence-corrected chi connectivity index (χ3v) is 12.5. The van der Waals surface area contributed by atoms with Gasteiger partial charge in [-0.3, -0.25) is 9.59 Å². The summed E-state index contributed by atoms with van der Waals surface area (Å²) >= 11 is 0. The Kier molecular flexibility index (Phi) is 25.5. The number of fused-ring (bicyclic) bond motifs is 2. The van der Waals surface area contributed by atoms with Gasteiger partial charge in [0.25, 0.3) is 0 Å². The van der Waals surface area contributed by atoms with Crippen LogP contribution in [0.1, 0.15) is 99.8 Å². The van der Waals surface area contributed by atoms with Crippen molar-refractivity contribution in [3.05, 3.63) is 85.1 Å². The number of carbonyl (C=O) groups excluding carboxylic acids is 1. The van der Waals surface area contributed by atoms with Crippen molar-refractivity contribution in [2.75, 3.05) is 0 Å². The predicted molar refractivity (Wildman–Crippen MR) is 245 cm³/mol. The van der Waals surface area contributed by atoms with E-state index in [0.717, 1.165) is 0 Å². The molecule has 0 amide bonds. The molecule has 3 rings (SSSR count). The van der Waals surface area contributed by atoms with Crippen molar-refractivity contribution < 1.29 is 74.5 Å². The Morgan fingerprint density at radius 2 is 1.26 bits per heavy atom. The molecular weight excluding hydrogens is 843 g/mol. The smallest absolute Gasteiger partial charge is 0.309 e. The zero-order valence-electron chi connectivity index (χ0n) is 37.8. The van der Waals surface area contributed by atoms with Crippen molar-refractivity contribution in [1.29, 1.82) is 0 Å². The zero-order valence-corrected chi connectivity index (χ0v) is 37.8. The largest absolute Gasteiger partial charge is 0.481 e. The molecule has 0 aliphatic carbocycles. The second-order valence-electron chi connectivity index (χ2n) is 17.8. The Bertz CT molecular complexity index is 1630. The summed E-state index contributed by atoms with van der Waals surface area (Å²) in [4.78, 5) is 25.1. The molecule has 2 saturated heterocycles. The molecule has 16 nitrogen and oxygen atoms in total. The molecule has 5 unspecified atom stereocenters. The Hall–Kier alpha value is -3.36. The number of carbonyl (C=O) groups is 2. The van der Waals surface area contributed by atoms with Crippen molar-refractivity contribution in [1.82, 2.24) is 0 Å². The van der Waals surface area contributed by atoms with Crippen LogP contribution in [-0.2, 0) is 28.5 Å². The normalized spacial score (nSPS) is 44.2. The number of hydrogen-bond donors (Lipinski definition) is 10. The van der Waals surface area contributed by atoms with Gasteiger partial charge in [-0.2, -0.15) is 0 Å². The summed E-state index contributed by atoms with van der Waals surface area (Å²) in [7, 11) is 0. The van der Waals surface area contributed by atoms with Gasteiger partial charge in [-0.25, -0.2) is 0 Å². The summed E-state index contributed by atoms with van der Waals surface area (Å²) in [6.45, 7) is 8.93. The van der Waals surface area contributed by atoms with E-state index in [1.165, 1.54) is 0 Å². The van der Waals surface area contributed by atoms with Gasteiger partial charge in [-0.15, -0.1) is 0 Å². The number of carboxylic acid groups (broad SMARTS) is 1. The number of carboxylic acids is 1. The number of nitrogens with two attached hydrogens (primary N) is 1. The van der Waals surface area contributed by atoms with E-state index in [1.54, 1.807) is 44.2 Å². The summed E-state index contributed by atoms with van der Waals surface area (Å²) in [6, 6.07) is -0.659. The van der Waals surface area contributed by atoms with Crippen molar-refractivity contribution in [2.24, 2.45) is 29.4 Å². The molecule has 0 aromatic rings. The lowest BCUT2D eigenvalue weighted by molar-refractivity contribution is -0.292. The molecule has 18 atom stereocenters. The number of aliphatic hydroxyl groups is 8. The van der Waals surface area contributed by atoms with E-state index in [0.29, 0.717) is 0 Å². The van der Waals surface area contributed by atoms with Crippen LogP contribution in [0.5, 0.6) is 0 Å². The molecule has 3 heterocycles. The molecule has 16 heteroatoms. The minimum absolute atomic E-state index is 0. The summed E-state index contributed by atoms with van der Waals surface area (Å²) in [5.41, 5.74) is 6.28. The zero-order chi connectivity index (χ0) is 47.6. The molecule has 65 heavy (non-hydrogen) atoms. The third kappa shape index (κ3) is 19.8. The lowest BCUT2D eigenvalue weighted by atomic mass is 9.85. The molecule has 0 radical (unpaired) electrons. The Morgan fingerprint density at radius 3 is 1.85 bits per heavy atom. The predicted octanol–water partition coefficient (Wildman–Crippen LogP) is 3.65. The van der Waals surface area contributed by atoms with Crippen LogP contribution in [0.25, 0.3) is 0 Å². The molecule has 2 fully saturated rings. The topological polar surface area (TPSA) is 279 Å². The van der Waals surface area contributed by atoms with E-state index in [2.05, 4.69) is 0 Å². The second-order valence-corrected chi connectivity index (χ2v) is 17.8. The van der Waals surface area contributed by atoms with Crippen LogP contribution in [0.3, 0.4) is 0 Å². The van der Waals surface area contributed by atoms with Crippen LogP contribution in [-0.4, -0.2) is 143 Å². The van der Waals surface area contributed by atoms with Crippen molar-refractivity contribution in [2.45, 2.75) is 185 Å². The quantitative estimate of drug-likeness (QED) is 0.181. The maximum Gasteiger partial charge on any atom is 0.309 e. The average Bonchev–Trinajstić information content (AvgIpc) is 3.22. The molecule has 0 spiro atoms. The SMILES string of the molecule is C.CC1OC(O[C@H]2/C=C/C=C/C=C/C=C/C=C/C=C/C=C/[C@H](C)[C@@H](O)[C@@H](C)[C@H](C)OC(=O)C[C@H](O)C[C@H](O)CC[C@@H](O)[C@H](O)C[C@H](O)C[C@]3(O)CC[C@@H](C(=O)O)[C@H](C2)O3)C(O)C(N)C1C. The number of ether oxygens (including phenoxy) is 4. The Morgan fingerprint density at radius 1 is 0.692 bits per heavy atom. The molecule has 0 aromatic carbocycles. The molecule has 3 aliphatic rings. The van der Waals surface area contributed by atoms with E-state index in [9.17, 15) is 55.5 Å². The highest BCUT2D eigenvalue weighted by molar-refractivity contribution is 5.71. The second kappa shape index (κ2) is 28.7. The standard InChI is InChI=1S/C48H75NO15.CH4/c1-29-18-16-14-12-10-8-6-7-9-11-13-15-17-19-37(63-47-45(57)43(49)30(2)32(4)62-47)27-41-38(46(58)59)22-23-48(60,64-41)28-36(52)25-40(54)39(53)21-20-34(50)24-35(51)26-42(55)61-33(5)31(3)44(29)56;/h6-19,29-41,43-45,47,50-54,56-57,60H,20-28,49H2,1-5H3,(H,58,59);1H4/b7-6+,10-8+,11-9+,14-12+,15-13+,18-16+,19-17+;/t29-,30?,31-,32?,33-,34+,35+,36-,37-,38+,39+,40+,41-,43?,44+,45?,47?,48-;/m0./s1. The van der Waals surface area contributed by atoms with Gasteiger partial charge >= 0.3 is 11.9 Å². The maximum atomic E-state index is 12.6. The van der Waals surface area contributed by atoms with Crippen LogP contribution in [0.4, 0.5) is 0 Å². The van der Waals surface area contributed by atoms with Gasteiger partial charge in [0.05, 0.1) is 67.3 Å². The number of hydrogen-bond acceptors (Lipinski definition) is 15. The fourth-order valence-corrected chi connectivity index (χ4v) is 8.00. The van der Waals surface area contributed by atoms with E-state index < -0.39 is 122 Å². The summed E-state index contributed by atoms with van der Waals surface area (Å²) < 4.78 is 23.7. The molecule has 370 valence electrons. The van der Waals surface area contributed by atoms with Gasteiger partial charge in [-0.05, 0) is 45.4 Å². The van der Waals surface area contributed by atoms with E-state index in [4.69, 9.17) is 24.7 Å². The van der Waals surface area contributed by atoms with Crippen LogP contribution >= 0.6 is 0 Å². The minimum Gasteiger partial charge on any atom is -0.481 e. The fourth-order valence-electron chi connectivity index (χ4n) is 8.00. The highest BCUT2D eigenvalue weighted by Crippen LogP contribution is 2.38. The number of esters is 1. The van der Waals surface area contributed by atoms with Crippen molar-refractivity contribution in [3.8, 4) is 0 Å². The molecule has 0 aromatic heterocycles. The Labute approximate surface area is 385 Å². The van der Waals surface area contributed by atoms with Gasteiger partial charge in [0, 0.05) is 43.6 Å². The molecule has 11 N–H and O–H groups in total. The van der Waals surface area contributed by atoms with Gasteiger partial charge in [0.15, 0.2) is 12.1 Å². The monoisotopic (exact) mass is 922 g/mol. The molecule has 2 bridgehead atoms. The average molecular weight is 922 g/mol. The van der Waals surface area contributed by atoms with Crippen LogP contribution < -0.4 is 5.73 Å². The van der Waals surface area contributed by atoms with Gasteiger partial charge in [0.2, 0.25) is 0 Å². The summed E-state index contributed by atoms with van der Waals surface area (Å²) in [5.74, 6) is -5.83. The van der Waals surface area contributed by atoms with Crippen molar-refractivity contribution >= 4 is 11.9 Å². The first-order valence-corrected chi connectivity index (χ1v) is 22.5. The number of cyclic esters (lactones) is 1. The van der Waals surface area contributed by atoms with Gasteiger partial charge in [-0.1, -0.05) is 113 Å². The first kappa shape index (κ1) is 57.8. The lowest BCUT2D eigenvalue weighted by Gasteiger charge is -2.44. The molecule has 3 aliphatic heterocycles. The first-order chi connectivity index (χ1) is 30.2. The molecule has 0 saturated carbocycles. The fraction of sp³-hybridized carbons (Fsp3) is 0.673. The van der Waals surface area contributed by atoms with E-state index in [-0.39, 0.29) is 63.9 Å². The number of aliphatic carboxylic acids is 1. The van der Waals surface area contributed by atoms with Crippen LogP contribution in [0, 0.1) is 23.7 Å². The van der Waals surface area contributed by atoms with Gasteiger partial charge in [0.1, 0.15) is 12.2 Å². The summed E-state index contributed by atoms with van der Waals surface area (Å²) in [6.07, 6.45) is 10.2. The van der Waals surface area contributed by atoms with E-state index >= 15 is 0 Å². The van der Waals surface area contributed by atoms with Crippen LogP contribution in [0.2, 0.25) is 0 Å². The number of rotatable bonds is 3. The number of aliphatic hydroxyl groups excluding tert-OH is 7. The first-order valence-electron chi connectivity index (χ1n) is 22.5. The maximum absolute atomic E-state index is 12.6. The highest BCUT2D eigenvalue weighted by atomic mass is 16.7. The highest BCUT2D eigenvalue weighted by Gasteiger charge is 2.46. The minimum atomic E-state index is -2.01. The van der Waals surface area contributed by atoms with Crippen molar-refractivity contribution in [3.63, 3.8) is 0 Å². The van der Waals surface area contributed by atoms with Gasteiger partial charge < -0.3 is 70.6 Å². The lowest BCUT2D eigenvalue weighted by Crippen LogP contribution is -2.58. The Balaban J connectivity index is 0.0000145. The molecular formula is C49H79NO15. The third-order valence-electron chi connectivity index (χ3n) is 12.5. The number of allylic oxidation sites excluding steroid dienone is 12.